The van der Waals surface area contributed by atoms with E-state index in [-0.39, 0.29) is 0 Å². The van der Waals surface area contributed by atoms with E-state index in [2.05, 4.69) is 19.0 Å². The van der Waals surface area contributed by atoms with Gasteiger partial charge in [0.15, 0.2) is 0 Å². The number of likely N-dealkylation sites (N-methyl/N-ethyl adjacent to an activating group) is 1. The van der Waals surface area contributed by atoms with Crippen LogP contribution in [0.3, 0.4) is 0 Å². The molecular formula is C11H21N2O+. The van der Waals surface area contributed by atoms with Crippen LogP contribution in [0.4, 0.5) is 0 Å². The van der Waals surface area contributed by atoms with Crippen LogP contribution in [0.5, 0.6) is 0 Å². The zero-order chi connectivity index (χ0) is 10.2. The Hall–Kier alpha value is -0.410. The molecule has 0 aliphatic carbocycles. The van der Waals surface area contributed by atoms with E-state index in [0.717, 1.165) is 37.0 Å². The van der Waals surface area contributed by atoms with E-state index in [1.54, 1.807) is 0 Å². The van der Waals surface area contributed by atoms with E-state index < -0.39 is 0 Å². The Labute approximate surface area is 86.3 Å². The molecule has 80 valence electrons. The topological polar surface area (TPSA) is 20.3 Å². The molecule has 2 aliphatic heterocycles. The third-order valence-corrected chi connectivity index (χ3v) is 3.93. The summed E-state index contributed by atoms with van der Waals surface area (Å²) in [7, 11) is 4.17. The van der Waals surface area contributed by atoms with Crippen molar-refractivity contribution in [2.24, 2.45) is 0 Å². The van der Waals surface area contributed by atoms with E-state index in [1.165, 1.54) is 12.8 Å². The molecule has 0 spiro atoms. The Balaban J connectivity index is 2.06. The van der Waals surface area contributed by atoms with Crippen molar-refractivity contribution in [1.29, 1.82) is 0 Å². The monoisotopic (exact) mass is 197 g/mol. The van der Waals surface area contributed by atoms with Crippen LogP contribution in [0.15, 0.2) is 0 Å². The number of hydrogen-bond acceptors (Lipinski definition) is 2. The molecule has 2 saturated heterocycles. The normalized spacial score (nSPS) is 36.8. The lowest BCUT2D eigenvalue weighted by Gasteiger charge is -2.32. The maximum atomic E-state index is 11.9. The maximum absolute atomic E-state index is 11.9. The molecule has 2 fully saturated rings. The fraction of sp³-hybridized carbons (Fsp3) is 0.909. The van der Waals surface area contributed by atoms with Gasteiger partial charge in [-0.1, -0.05) is 0 Å². The zero-order valence-electron chi connectivity index (χ0n) is 9.33. The number of quaternary nitrogens is 1. The van der Waals surface area contributed by atoms with Gasteiger partial charge >= 0.3 is 5.91 Å². The maximum Gasteiger partial charge on any atom is 0.314 e. The summed E-state index contributed by atoms with van der Waals surface area (Å²) in [6, 6.07) is 0.669. The van der Waals surface area contributed by atoms with Crippen molar-refractivity contribution in [3.05, 3.63) is 0 Å². The Morgan fingerprint density at radius 1 is 1.43 bits per heavy atom. The van der Waals surface area contributed by atoms with Gasteiger partial charge in [0.2, 0.25) is 0 Å². The summed E-state index contributed by atoms with van der Waals surface area (Å²) in [5.41, 5.74) is 0. The molecule has 2 aliphatic rings. The van der Waals surface area contributed by atoms with Crippen molar-refractivity contribution < 1.29 is 9.28 Å². The van der Waals surface area contributed by atoms with Gasteiger partial charge in [-0.2, -0.15) is 0 Å². The summed E-state index contributed by atoms with van der Waals surface area (Å²) in [4.78, 5) is 14.1. The van der Waals surface area contributed by atoms with Crippen LogP contribution >= 0.6 is 0 Å². The van der Waals surface area contributed by atoms with Crippen molar-refractivity contribution in [3.63, 3.8) is 0 Å². The number of fused-ring (bicyclic) bond motifs is 1. The number of nitrogens with zero attached hydrogens (tertiary/aromatic N) is 2. The molecule has 0 radical (unpaired) electrons. The third kappa shape index (κ3) is 1.48. The van der Waals surface area contributed by atoms with Crippen molar-refractivity contribution in [3.8, 4) is 0 Å². The Bertz CT molecular complexity index is 239. The highest BCUT2D eigenvalue weighted by atomic mass is 16.2. The second-order valence-electron chi connectivity index (χ2n) is 5.01. The lowest BCUT2D eigenvalue weighted by atomic mass is 10.1. The minimum Gasteiger partial charge on any atom is -0.304 e. The highest BCUT2D eigenvalue weighted by molar-refractivity contribution is 5.71. The van der Waals surface area contributed by atoms with Crippen LogP contribution in [-0.2, 0) is 4.79 Å². The summed E-state index contributed by atoms with van der Waals surface area (Å²) >= 11 is 0. The first-order valence-electron chi connectivity index (χ1n) is 5.70. The quantitative estimate of drug-likeness (QED) is 0.625. The number of carbonyl (C=O) groups excluding carboxylic acids is 1. The van der Waals surface area contributed by atoms with Crippen LogP contribution in [0.2, 0.25) is 0 Å². The second kappa shape index (κ2) is 3.63. The summed E-state index contributed by atoms with van der Waals surface area (Å²) in [6.45, 7) is 3.19. The van der Waals surface area contributed by atoms with Gasteiger partial charge in [0.05, 0.1) is 25.6 Å². The van der Waals surface area contributed by atoms with Gasteiger partial charge in [0, 0.05) is 25.8 Å². The van der Waals surface area contributed by atoms with Crippen LogP contribution in [-0.4, -0.2) is 55.1 Å². The van der Waals surface area contributed by atoms with E-state index in [4.69, 9.17) is 0 Å². The molecule has 0 bridgehead atoms. The van der Waals surface area contributed by atoms with Crippen LogP contribution in [0.25, 0.3) is 0 Å². The van der Waals surface area contributed by atoms with Gasteiger partial charge in [-0.3, -0.25) is 4.48 Å². The molecule has 3 nitrogen and oxygen atoms in total. The van der Waals surface area contributed by atoms with Crippen LogP contribution < -0.4 is 0 Å². The molecule has 2 unspecified atom stereocenters. The smallest absolute Gasteiger partial charge is 0.304 e. The SMILES string of the molecule is CN(C)CC[N+]12CCCC1CCC2=O. The van der Waals surface area contributed by atoms with Gasteiger partial charge < -0.3 is 4.90 Å². The molecule has 0 aromatic rings. The predicted octanol–water partition coefficient (Wildman–Crippen LogP) is 0.848. The van der Waals surface area contributed by atoms with E-state index in [9.17, 15) is 4.79 Å². The number of amides is 1. The molecule has 2 heterocycles. The molecule has 3 heteroatoms. The highest BCUT2D eigenvalue weighted by Gasteiger charge is 2.51. The fourth-order valence-corrected chi connectivity index (χ4v) is 3.07. The third-order valence-electron chi connectivity index (χ3n) is 3.93. The van der Waals surface area contributed by atoms with E-state index in [0.29, 0.717) is 11.9 Å². The highest BCUT2D eigenvalue weighted by Crippen LogP contribution is 2.36. The standard InChI is InChI=1S/C11H21N2O/c1-12(2)7-9-13-8-3-4-10(13)5-6-11(13)14/h10H,3-9H2,1-2H3/q+1. The van der Waals surface area contributed by atoms with Gasteiger partial charge in [0.25, 0.3) is 0 Å². The van der Waals surface area contributed by atoms with Gasteiger partial charge in [0.1, 0.15) is 0 Å². The van der Waals surface area contributed by atoms with Crippen molar-refractivity contribution >= 4 is 5.91 Å². The molecule has 2 rings (SSSR count). The first-order valence-corrected chi connectivity index (χ1v) is 5.70. The number of hydrogen-bond donors (Lipinski definition) is 0. The van der Waals surface area contributed by atoms with Gasteiger partial charge in [-0.05, 0) is 14.1 Å². The lowest BCUT2D eigenvalue weighted by Crippen LogP contribution is -2.53. The molecule has 0 aromatic carbocycles. The molecule has 2 atom stereocenters. The zero-order valence-corrected chi connectivity index (χ0v) is 9.33. The van der Waals surface area contributed by atoms with Gasteiger partial charge in [-0.15, -0.1) is 0 Å². The Morgan fingerprint density at radius 2 is 2.21 bits per heavy atom. The van der Waals surface area contributed by atoms with E-state index in [1.807, 2.05) is 0 Å². The predicted molar refractivity (Wildman–Crippen MR) is 55.8 cm³/mol. The molecule has 1 amide bonds. The Kier molecular flexibility index (Phi) is 2.62. The van der Waals surface area contributed by atoms with Crippen molar-refractivity contribution in [1.82, 2.24) is 4.90 Å². The largest absolute Gasteiger partial charge is 0.314 e. The summed E-state index contributed by atoms with van der Waals surface area (Å²) in [5, 5.41) is 0. The molecule has 0 saturated carbocycles. The minimum absolute atomic E-state index is 0.509. The molecular weight excluding hydrogens is 176 g/mol. The average molecular weight is 197 g/mol. The van der Waals surface area contributed by atoms with Crippen molar-refractivity contribution in [2.45, 2.75) is 31.7 Å². The number of carbonyl (C=O) groups is 1. The first-order chi connectivity index (χ1) is 6.65. The number of rotatable bonds is 3. The van der Waals surface area contributed by atoms with E-state index >= 15 is 0 Å². The van der Waals surface area contributed by atoms with Gasteiger partial charge in [-0.25, -0.2) is 4.79 Å². The molecule has 14 heavy (non-hydrogen) atoms. The summed E-state index contributed by atoms with van der Waals surface area (Å²) in [6.07, 6.45) is 4.51. The average Bonchev–Trinajstić information content (AvgIpc) is 2.65. The van der Waals surface area contributed by atoms with Crippen LogP contribution in [0, 0.1) is 0 Å². The summed E-state index contributed by atoms with van der Waals surface area (Å²) in [5.74, 6) is 0.509. The Morgan fingerprint density at radius 3 is 2.93 bits per heavy atom. The van der Waals surface area contributed by atoms with Crippen LogP contribution in [0.1, 0.15) is 25.7 Å². The van der Waals surface area contributed by atoms with Crippen molar-refractivity contribution in [2.75, 3.05) is 33.7 Å². The lowest BCUT2D eigenvalue weighted by molar-refractivity contribution is -0.857. The second-order valence-corrected chi connectivity index (χ2v) is 5.01. The summed E-state index contributed by atoms with van der Waals surface area (Å²) < 4.78 is 0.818. The fourth-order valence-electron chi connectivity index (χ4n) is 3.07. The molecule has 0 N–H and O–H groups in total. The first kappa shape index (κ1) is 10.1. The minimum atomic E-state index is 0.509. The molecule has 0 aromatic heterocycles.